The lowest BCUT2D eigenvalue weighted by Gasteiger charge is -2.46. The summed E-state index contributed by atoms with van der Waals surface area (Å²) in [4.78, 5) is 15.8. The number of benzene rings is 1. The van der Waals surface area contributed by atoms with Crippen molar-refractivity contribution in [2.24, 2.45) is 0 Å². The minimum Gasteiger partial charge on any atom is -0.390 e. The summed E-state index contributed by atoms with van der Waals surface area (Å²) in [6.45, 7) is 2.06. The van der Waals surface area contributed by atoms with Gasteiger partial charge in [-0.05, 0) is 37.8 Å². The van der Waals surface area contributed by atoms with Crippen molar-refractivity contribution >= 4 is 16.9 Å². The second-order valence-electron chi connectivity index (χ2n) is 6.67. The lowest BCUT2D eigenvalue weighted by Crippen LogP contribution is -2.56. The van der Waals surface area contributed by atoms with E-state index < -0.39 is 11.7 Å². The maximum absolute atomic E-state index is 12.5. The van der Waals surface area contributed by atoms with Crippen LogP contribution in [0.3, 0.4) is 0 Å². The average molecular weight is 330 g/mol. The molecule has 2 fully saturated rings. The smallest absolute Gasteiger partial charge is 0.246 e. The molecule has 0 aliphatic carbocycles. The highest BCUT2D eigenvalue weighted by Gasteiger charge is 2.44. The number of aromatic nitrogens is 3. The Morgan fingerprint density at radius 2 is 1.92 bits per heavy atom. The maximum Gasteiger partial charge on any atom is 0.246 e. The molecule has 1 amide bonds. The van der Waals surface area contributed by atoms with E-state index in [9.17, 15) is 9.90 Å². The fraction of sp³-hybridized carbons (Fsp3) is 0.588. The summed E-state index contributed by atoms with van der Waals surface area (Å²) in [5.74, 6) is 0.00968. The first kappa shape index (κ1) is 15.5. The van der Waals surface area contributed by atoms with Gasteiger partial charge in [-0.1, -0.05) is 12.1 Å². The SMILES string of the molecule is O=C(Cn1nc2ccccc2n1)N1CCC2(CC1)OCCCC2O. The molecule has 2 saturated heterocycles. The number of hydrogen-bond acceptors (Lipinski definition) is 5. The lowest BCUT2D eigenvalue weighted by molar-refractivity contribution is -0.180. The molecular formula is C17H22N4O3. The van der Waals surface area contributed by atoms with Gasteiger partial charge >= 0.3 is 0 Å². The number of rotatable bonds is 2. The monoisotopic (exact) mass is 330 g/mol. The lowest BCUT2D eigenvalue weighted by atomic mass is 9.82. The van der Waals surface area contributed by atoms with E-state index in [0.29, 0.717) is 32.5 Å². The molecule has 4 rings (SSSR count). The van der Waals surface area contributed by atoms with Gasteiger partial charge in [0.2, 0.25) is 5.91 Å². The number of carbonyl (C=O) groups is 1. The van der Waals surface area contributed by atoms with Gasteiger partial charge in [0, 0.05) is 19.7 Å². The van der Waals surface area contributed by atoms with Crippen molar-refractivity contribution < 1.29 is 14.6 Å². The van der Waals surface area contributed by atoms with Crippen LogP contribution in [0.2, 0.25) is 0 Å². The number of hydrogen-bond donors (Lipinski definition) is 1. The van der Waals surface area contributed by atoms with Crippen LogP contribution in [-0.2, 0) is 16.1 Å². The molecule has 3 heterocycles. The standard InChI is InChI=1S/C17H22N4O3/c22-15-6-3-11-24-17(15)7-9-20(10-8-17)16(23)12-21-18-13-4-1-2-5-14(13)19-21/h1-2,4-5,15,22H,3,6-12H2. The number of fused-ring (bicyclic) bond motifs is 1. The number of likely N-dealkylation sites (tertiary alicyclic amines) is 1. The van der Waals surface area contributed by atoms with Gasteiger partial charge in [-0.25, -0.2) is 0 Å². The highest BCUT2D eigenvalue weighted by molar-refractivity contribution is 5.77. The van der Waals surface area contributed by atoms with E-state index in [4.69, 9.17) is 4.74 Å². The van der Waals surface area contributed by atoms with Crippen LogP contribution in [0.1, 0.15) is 25.7 Å². The molecule has 128 valence electrons. The summed E-state index contributed by atoms with van der Waals surface area (Å²) in [7, 11) is 0. The van der Waals surface area contributed by atoms with Crippen LogP contribution in [0.15, 0.2) is 24.3 Å². The van der Waals surface area contributed by atoms with Crippen LogP contribution < -0.4 is 0 Å². The van der Waals surface area contributed by atoms with E-state index in [2.05, 4.69) is 10.2 Å². The van der Waals surface area contributed by atoms with Gasteiger partial charge in [0.25, 0.3) is 0 Å². The van der Waals surface area contributed by atoms with Gasteiger partial charge in [-0.15, -0.1) is 0 Å². The highest BCUT2D eigenvalue weighted by Crippen LogP contribution is 2.35. The zero-order valence-electron chi connectivity index (χ0n) is 13.6. The van der Waals surface area contributed by atoms with Gasteiger partial charge in [0.1, 0.15) is 17.6 Å². The zero-order valence-corrected chi connectivity index (χ0v) is 13.6. The number of carbonyl (C=O) groups excluding carboxylic acids is 1. The second-order valence-corrected chi connectivity index (χ2v) is 6.67. The minimum absolute atomic E-state index is 0.00968. The van der Waals surface area contributed by atoms with E-state index in [1.807, 2.05) is 29.2 Å². The fourth-order valence-electron chi connectivity index (χ4n) is 3.72. The number of ether oxygens (including phenoxy) is 1. The Bertz CT molecular complexity index is 703. The third-order valence-corrected chi connectivity index (χ3v) is 5.19. The van der Waals surface area contributed by atoms with Gasteiger partial charge in [-0.3, -0.25) is 4.79 Å². The van der Waals surface area contributed by atoms with Crippen LogP contribution in [0, 0.1) is 0 Å². The molecule has 0 saturated carbocycles. The van der Waals surface area contributed by atoms with Crippen LogP contribution in [0.25, 0.3) is 11.0 Å². The van der Waals surface area contributed by atoms with Crippen LogP contribution in [0.5, 0.6) is 0 Å². The topological polar surface area (TPSA) is 80.5 Å². The molecule has 2 aliphatic heterocycles. The van der Waals surface area contributed by atoms with Crippen LogP contribution >= 0.6 is 0 Å². The molecule has 24 heavy (non-hydrogen) atoms. The Morgan fingerprint density at radius 3 is 2.54 bits per heavy atom. The fourth-order valence-corrected chi connectivity index (χ4v) is 3.72. The normalized spacial score (nSPS) is 23.7. The molecular weight excluding hydrogens is 308 g/mol. The molecule has 1 unspecified atom stereocenters. The Kier molecular flexibility index (Phi) is 3.97. The van der Waals surface area contributed by atoms with E-state index in [0.717, 1.165) is 23.9 Å². The molecule has 1 aromatic carbocycles. The summed E-state index contributed by atoms with van der Waals surface area (Å²) in [5, 5.41) is 18.9. The zero-order chi connectivity index (χ0) is 16.6. The molecule has 1 N–H and O–H groups in total. The van der Waals surface area contributed by atoms with Crippen molar-refractivity contribution in [3.63, 3.8) is 0 Å². The molecule has 7 heteroatoms. The Balaban J connectivity index is 1.39. The number of amides is 1. The summed E-state index contributed by atoms with van der Waals surface area (Å²) in [6, 6.07) is 7.58. The molecule has 1 aromatic heterocycles. The van der Waals surface area contributed by atoms with E-state index in [-0.39, 0.29) is 12.5 Å². The first-order valence-corrected chi connectivity index (χ1v) is 8.56. The largest absolute Gasteiger partial charge is 0.390 e. The third-order valence-electron chi connectivity index (χ3n) is 5.19. The van der Waals surface area contributed by atoms with Crippen molar-refractivity contribution in [2.75, 3.05) is 19.7 Å². The predicted octanol–water partition coefficient (Wildman–Crippen LogP) is 0.964. The summed E-state index contributed by atoms with van der Waals surface area (Å²) >= 11 is 0. The van der Waals surface area contributed by atoms with E-state index in [1.54, 1.807) is 0 Å². The van der Waals surface area contributed by atoms with Crippen LogP contribution in [-0.4, -0.2) is 62.3 Å². The quantitative estimate of drug-likeness (QED) is 0.887. The van der Waals surface area contributed by atoms with Crippen molar-refractivity contribution in [3.8, 4) is 0 Å². The van der Waals surface area contributed by atoms with Crippen LogP contribution in [0.4, 0.5) is 0 Å². The molecule has 7 nitrogen and oxygen atoms in total. The number of piperidine rings is 1. The first-order chi connectivity index (χ1) is 11.7. The average Bonchev–Trinajstić information content (AvgIpc) is 3.00. The Morgan fingerprint density at radius 1 is 1.25 bits per heavy atom. The van der Waals surface area contributed by atoms with Crippen molar-refractivity contribution in [1.29, 1.82) is 0 Å². The molecule has 2 aromatic rings. The summed E-state index contributed by atoms with van der Waals surface area (Å²) < 4.78 is 5.89. The van der Waals surface area contributed by atoms with Crippen molar-refractivity contribution in [2.45, 2.75) is 43.9 Å². The van der Waals surface area contributed by atoms with Gasteiger partial charge in [0.15, 0.2) is 0 Å². The third kappa shape index (κ3) is 2.78. The van der Waals surface area contributed by atoms with E-state index in [1.165, 1.54) is 4.80 Å². The molecule has 1 spiro atoms. The summed E-state index contributed by atoms with van der Waals surface area (Å²) in [5.41, 5.74) is 1.14. The summed E-state index contributed by atoms with van der Waals surface area (Å²) in [6.07, 6.45) is 2.66. The van der Waals surface area contributed by atoms with Gasteiger partial charge in [-0.2, -0.15) is 15.0 Å². The molecule has 1 atom stereocenters. The highest BCUT2D eigenvalue weighted by atomic mass is 16.5. The Labute approximate surface area is 140 Å². The van der Waals surface area contributed by atoms with Crippen molar-refractivity contribution in [1.82, 2.24) is 19.9 Å². The second kappa shape index (κ2) is 6.14. The molecule has 2 aliphatic rings. The first-order valence-electron chi connectivity index (χ1n) is 8.56. The van der Waals surface area contributed by atoms with Crippen molar-refractivity contribution in [3.05, 3.63) is 24.3 Å². The van der Waals surface area contributed by atoms with E-state index >= 15 is 0 Å². The number of nitrogens with zero attached hydrogens (tertiary/aromatic N) is 4. The molecule has 0 bridgehead atoms. The van der Waals surface area contributed by atoms with Gasteiger partial charge < -0.3 is 14.7 Å². The predicted molar refractivity (Wildman–Crippen MR) is 87.3 cm³/mol. The molecule has 0 radical (unpaired) electrons. The maximum atomic E-state index is 12.5. The number of aliphatic hydroxyl groups is 1. The van der Waals surface area contributed by atoms with Gasteiger partial charge in [0.05, 0.1) is 11.7 Å². The minimum atomic E-state index is -0.451. The number of aliphatic hydroxyl groups excluding tert-OH is 1. The Hall–Kier alpha value is -1.99.